The molecule has 0 amide bonds. The quantitative estimate of drug-likeness (QED) is 0.723. The second-order valence-corrected chi connectivity index (χ2v) is 6.69. The summed E-state index contributed by atoms with van der Waals surface area (Å²) in [6.07, 6.45) is 1.40. The summed E-state index contributed by atoms with van der Waals surface area (Å²) < 4.78 is 5.22. The van der Waals surface area contributed by atoms with Crippen LogP contribution in [0.15, 0.2) is 36.7 Å². The zero-order chi connectivity index (χ0) is 16.4. The zero-order valence-corrected chi connectivity index (χ0v) is 14.0. The van der Waals surface area contributed by atoms with E-state index in [0.717, 1.165) is 21.7 Å². The number of hydrogen-bond donors (Lipinski definition) is 1. The molecule has 3 rings (SSSR count). The van der Waals surface area contributed by atoms with Gasteiger partial charge in [-0.05, 0) is 45.0 Å². The van der Waals surface area contributed by atoms with Crippen molar-refractivity contribution in [2.24, 2.45) is 0 Å². The van der Waals surface area contributed by atoms with E-state index in [4.69, 9.17) is 4.74 Å². The van der Waals surface area contributed by atoms with Crippen LogP contribution in [-0.4, -0.2) is 22.0 Å². The third kappa shape index (κ3) is 3.48. The third-order valence-electron chi connectivity index (χ3n) is 3.16. The molecule has 118 valence electrons. The van der Waals surface area contributed by atoms with Gasteiger partial charge in [0, 0.05) is 10.6 Å². The van der Waals surface area contributed by atoms with Crippen LogP contribution in [0.2, 0.25) is 0 Å². The highest BCUT2D eigenvalue weighted by Gasteiger charge is 2.11. The van der Waals surface area contributed by atoms with Crippen LogP contribution in [0.3, 0.4) is 0 Å². The number of ether oxygens (including phenoxy) is 1. The number of fused-ring (bicyclic) bond motifs is 1. The second-order valence-electron chi connectivity index (χ2n) is 5.46. The Morgan fingerprint density at radius 3 is 2.87 bits per heavy atom. The fraction of sp³-hybridized carbons (Fsp3) is 0.235. The molecular formula is C17H17N3O2S. The predicted molar refractivity (Wildman–Crippen MR) is 92.4 cm³/mol. The third-order valence-corrected chi connectivity index (χ3v) is 4.11. The number of carbonyl (C=O) groups excluding carboxylic acids is 1. The van der Waals surface area contributed by atoms with Crippen LogP contribution < -0.4 is 5.32 Å². The highest BCUT2D eigenvalue weighted by molar-refractivity contribution is 7.18. The lowest BCUT2D eigenvalue weighted by Crippen LogP contribution is -2.11. The van der Waals surface area contributed by atoms with Crippen molar-refractivity contribution in [3.63, 3.8) is 0 Å². The zero-order valence-electron chi connectivity index (χ0n) is 13.2. The maximum absolute atomic E-state index is 12.0. The number of nitrogens with one attached hydrogen (secondary N) is 1. The minimum atomic E-state index is -0.331. The van der Waals surface area contributed by atoms with Crippen molar-refractivity contribution >= 4 is 39.0 Å². The molecule has 0 aliphatic heterocycles. The molecule has 3 aromatic rings. The van der Waals surface area contributed by atoms with Crippen molar-refractivity contribution in [3.05, 3.63) is 47.1 Å². The molecule has 0 radical (unpaired) electrons. The Balaban J connectivity index is 1.89. The van der Waals surface area contributed by atoms with E-state index >= 15 is 0 Å². The summed E-state index contributed by atoms with van der Waals surface area (Å²) in [6.45, 7) is 5.70. The number of carbonyl (C=O) groups is 1. The summed E-state index contributed by atoms with van der Waals surface area (Å²) in [4.78, 5) is 22.7. The summed E-state index contributed by atoms with van der Waals surface area (Å²) >= 11 is 1.63. The van der Waals surface area contributed by atoms with E-state index < -0.39 is 0 Å². The Hall–Kier alpha value is -2.47. The molecule has 0 saturated heterocycles. The molecule has 6 heteroatoms. The average molecular weight is 327 g/mol. The summed E-state index contributed by atoms with van der Waals surface area (Å²) in [5.74, 6) is 0.400. The monoisotopic (exact) mass is 327 g/mol. The molecule has 0 fully saturated rings. The fourth-order valence-electron chi connectivity index (χ4n) is 2.22. The van der Waals surface area contributed by atoms with Gasteiger partial charge in [-0.1, -0.05) is 6.07 Å². The van der Waals surface area contributed by atoms with Crippen molar-refractivity contribution in [3.8, 4) is 0 Å². The van der Waals surface area contributed by atoms with Gasteiger partial charge in [0.05, 0.1) is 17.1 Å². The van der Waals surface area contributed by atoms with Gasteiger partial charge in [0.25, 0.3) is 0 Å². The molecule has 23 heavy (non-hydrogen) atoms. The molecular weight excluding hydrogens is 310 g/mol. The van der Waals surface area contributed by atoms with Crippen molar-refractivity contribution in [2.75, 3.05) is 5.32 Å². The number of rotatable bonds is 4. The number of benzene rings is 1. The van der Waals surface area contributed by atoms with E-state index in [1.807, 2.05) is 32.9 Å². The van der Waals surface area contributed by atoms with Crippen LogP contribution in [0.1, 0.15) is 29.1 Å². The lowest BCUT2D eigenvalue weighted by atomic mass is 10.2. The van der Waals surface area contributed by atoms with Crippen LogP contribution in [0.5, 0.6) is 0 Å². The van der Waals surface area contributed by atoms with Gasteiger partial charge >= 0.3 is 5.97 Å². The lowest BCUT2D eigenvalue weighted by Gasteiger charge is -2.10. The normalized spacial score (nSPS) is 11.0. The molecule has 0 spiro atoms. The molecule has 2 heterocycles. The maximum atomic E-state index is 12.0. The fourth-order valence-corrected chi connectivity index (χ4v) is 3.07. The Morgan fingerprint density at radius 1 is 1.26 bits per heavy atom. The van der Waals surface area contributed by atoms with E-state index in [-0.39, 0.29) is 12.1 Å². The number of aromatic nitrogens is 2. The Bertz CT molecular complexity index is 858. The number of nitrogens with zero attached hydrogens (tertiary/aromatic N) is 2. The van der Waals surface area contributed by atoms with Gasteiger partial charge in [-0.2, -0.15) is 0 Å². The highest BCUT2D eigenvalue weighted by Crippen LogP contribution is 2.29. The van der Waals surface area contributed by atoms with Crippen LogP contribution in [0.4, 0.5) is 11.5 Å². The number of aryl methyl sites for hydroxylation is 1. The van der Waals surface area contributed by atoms with Crippen LogP contribution in [0, 0.1) is 6.92 Å². The molecule has 2 aromatic heterocycles. The van der Waals surface area contributed by atoms with Crippen LogP contribution >= 0.6 is 11.3 Å². The van der Waals surface area contributed by atoms with Gasteiger partial charge in [0.2, 0.25) is 0 Å². The van der Waals surface area contributed by atoms with Crippen LogP contribution in [-0.2, 0) is 4.74 Å². The van der Waals surface area contributed by atoms with E-state index in [2.05, 4.69) is 21.4 Å². The average Bonchev–Trinajstić information content (AvgIpc) is 2.88. The van der Waals surface area contributed by atoms with Gasteiger partial charge in [-0.15, -0.1) is 11.3 Å². The number of hydrogen-bond acceptors (Lipinski definition) is 6. The summed E-state index contributed by atoms with van der Waals surface area (Å²) in [6, 6.07) is 9.26. The van der Waals surface area contributed by atoms with Crippen molar-refractivity contribution in [2.45, 2.75) is 26.9 Å². The first kappa shape index (κ1) is 15.4. The summed E-state index contributed by atoms with van der Waals surface area (Å²) in [7, 11) is 0. The predicted octanol–water partition coefficient (Wildman–Crippen LogP) is 4.31. The molecule has 0 unspecified atom stereocenters. The SMILES string of the molecule is Cc1cc2c(Nc3cccc(C(=O)OC(C)C)c3)ncnc2s1. The number of anilines is 2. The van der Waals surface area contributed by atoms with Crippen LogP contribution in [0.25, 0.3) is 10.2 Å². The van der Waals surface area contributed by atoms with E-state index in [1.54, 1.807) is 23.5 Å². The van der Waals surface area contributed by atoms with Gasteiger partial charge in [0.1, 0.15) is 17.0 Å². The Kier molecular flexibility index (Phi) is 4.25. The Labute approximate surface area is 138 Å². The number of thiophene rings is 1. The minimum Gasteiger partial charge on any atom is -0.459 e. The first-order valence-corrected chi connectivity index (χ1v) is 8.14. The van der Waals surface area contributed by atoms with Crippen molar-refractivity contribution < 1.29 is 9.53 Å². The molecule has 0 aliphatic rings. The first-order chi connectivity index (χ1) is 11.0. The minimum absolute atomic E-state index is 0.144. The molecule has 0 aliphatic carbocycles. The van der Waals surface area contributed by atoms with Gasteiger partial charge in [-0.25, -0.2) is 14.8 Å². The number of esters is 1. The molecule has 0 saturated carbocycles. The van der Waals surface area contributed by atoms with Crippen molar-refractivity contribution in [1.29, 1.82) is 0 Å². The highest BCUT2D eigenvalue weighted by atomic mass is 32.1. The maximum Gasteiger partial charge on any atom is 0.338 e. The Morgan fingerprint density at radius 2 is 2.09 bits per heavy atom. The largest absolute Gasteiger partial charge is 0.459 e. The standard InChI is InChI=1S/C17H17N3O2S/c1-10(2)22-17(21)12-5-4-6-13(8-12)20-15-14-7-11(3)23-16(14)19-9-18-15/h4-10H,1-3H3,(H,18,19,20). The van der Waals surface area contributed by atoms with Gasteiger partial charge in [-0.3, -0.25) is 0 Å². The molecule has 0 bridgehead atoms. The van der Waals surface area contributed by atoms with E-state index in [0.29, 0.717) is 5.56 Å². The van der Waals surface area contributed by atoms with E-state index in [9.17, 15) is 4.79 Å². The lowest BCUT2D eigenvalue weighted by molar-refractivity contribution is 0.0378. The summed E-state index contributed by atoms with van der Waals surface area (Å²) in [5, 5.41) is 4.23. The second kappa shape index (κ2) is 6.34. The van der Waals surface area contributed by atoms with Gasteiger partial charge < -0.3 is 10.1 Å². The first-order valence-electron chi connectivity index (χ1n) is 7.32. The summed E-state index contributed by atoms with van der Waals surface area (Å²) in [5.41, 5.74) is 1.29. The molecule has 5 nitrogen and oxygen atoms in total. The van der Waals surface area contributed by atoms with E-state index in [1.165, 1.54) is 11.2 Å². The molecule has 1 aromatic carbocycles. The molecule has 0 atom stereocenters. The molecule has 1 N–H and O–H groups in total. The van der Waals surface area contributed by atoms with Gasteiger partial charge in [0.15, 0.2) is 0 Å². The topological polar surface area (TPSA) is 64.1 Å². The van der Waals surface area contributed by atoms with Crippen molar-refractivity contribution in [1.82, 2.24) is 9.97 Å². The smallest absolute Gasteiger partial charge is 0.338 e.